The highest BCUT2D eigenvalue weighted by atomic mass is 16.5. The Hall–Kier alpha value is -1.90. The predicted molar refractivity (Wildman–Crippen MR) is 80.5 cm³/mol. The predicted octanol–water partition coefficient (Wildman–Crippen LogP) is 3.49. The fraction of sp³-hybridized carbons (Fsp3) is 0.444. The Morgan fingerprint density at radius 1 is 1.33 bits per heavy atom. The first-order chi connectivity index (χ1) is 10.0. The van der Waals surface area contributed by atoms with Crippen LogP contribution in [0.1, 0.15) is 59.7 Å². The lowest BCUT2D eigenvalue weighted by molar-refractivity contribution is -0.116. The molecule has 1 aromatic rings. The number of Topliss-reactive ketones (excluding diaryl/α,β-unsaturated/α-hetero) is 1. The van der Waals surface area contributed by atoms with Crippen LogP contribution in [0.2, 0.25) is 0 Å². The maximum absolute atomic E-state index is 12.0. The van der Waals surface area contributed by atoms with Gasteiger partial charge in [-0.25, -0.2) is 4.79 Å². The van der Waals surface area contributed by atoms with Crippen LogP contribution >= 0.6 is 0 Å². The van der Waals surface area contributed by atoms with Crippen molar-refractivity contribution in [2.45, 2.75) is 46.0 Å². The average Bonchev–Trinajstić information content (AvgIpc) is 2.84. The third-order valence-corrected chi connectivity index (χ3v) is 4.85. The number of hydrogen-bond donors (Lipinski definition) is 0. The van der Waals surface area contributed by atoms with Gasteiger partial charge in [0.25, 0.3) is 0 Å². The molecular weight excluding hydrogens is 264 g/mol. The highest BCUT2D eigenvalue weighted by molar-refractivity contribution is 5.97. The van der Waals surface area contributed by atoms with Crippen LogP contribution in [0.25, 0.3) is 0 Å². The summed E-state index contributed by atoms with van der Waals surface area (Å²) in [5, 5.41) is 0. The Labute approximate surface area is 125 Å². The summed E-state index contributed by atoms with van der Waals surface area (Å²) in [5.74, 6) is 0.388. The van der Waals surface area contributed by atoms with Crippen LogP contribution in [0.5, 0.6) is 0 Å². The van der Waals surface area contributed by atoms with E-state index in [1.165, 1.54) is 16.7 Å². The van der Waals surface area contributed by atoms with Gasteiger partial charge in [0.1, 0.15) is 0 Å². The first-order valence-electron chi connectivity index (χ1n) is 7.57. The van der Waals surface area contributed by atoms with Crippen LogP contribution in [0.15, 0.2) is 23.3 Å². The van der Waals surface area contributed by atoms with Crippen LogP contribution in [0.3, 0.4) is 0 Å². The molecule has 0 aromatic heterocycles. The Bertz CT molecular complexity index is 667. The van der Waals surface area contributed by atoms with E-state index in [9.17, 15) is 9.59 Å². The summed E-state index contributed by atoms with van der Waals surface area (Å²) >= 11 is 0. The van der Waals surface area contributed by atoms with Gasteiger partial charge in [0.2, 0.25) is 0 Å². The molecule has 1 aromatic carbocycles. The number of fused-ring (bicyclic) bond motifs is 3. The van der Waals surface area contributed by atoms with Crippen molar-refractivity contribution in [2.75, 3.05) is 6.61 Å². The van der Waals surface area contributed by atoms with Gasteiger partial charge in [-0.1, -0.05) is 11.6 Å². The van der Waals surface area contributed by atoms with Gasteiger partial charge in [-0.3, -0.25) is 4.79 Å². The van der Waals surface area contributed by atoms with Crippen molar-refractivity contribution in [3.63, 3.8) is 0 Å². The largest absolute Gasteiger partial charge is 0.462 e. The fourth-order valence-electron chi connectivity index (χ4n) is 3.64. The standard InChI is InChI=1S/C18H20O3/c1-4-21-18(20)12-5-6-13-14-7-8-17(19)11(3)16(14)9-15(13)10(12)2/h5-6,14H,4,7-9H2,1-3H3. The topological polar surface area (TPSA) is 43.4 Å². The number of ether oxygens (including phenoxy) is 1. The van der Waals surface area contributed by atoms with Crippen LogP contribution in [0, 0.1) is 6.92 Å². The van der Waals surface area contributed by atoms with E-state index in [1.807, 2.05) is 26.8 Å². The van der Waals surface area contributed by atoms with Gasteiger partial charge >= 0.3 is 5.97 Å². The summed E-state index contributed by atoms with van der Waals surface area (Å²) in [6.45, 7) is 6.13. The number of carbonyl (C=O) groups is 2. The first kappa shape index (κ1) is 14.1. The lowest BCUT2D eigenvalue weighted by atomic mass is 9.82. The molecule has 0 saturated carbocycles. The third kappa shape index (κ3) is 2.11. The van der Waals surface area contributed by atoms with Crippen molar-refractivity contribution in [3.8, 4) is 0 Å². The Balaban J connectivity index is 2.06. The van der Waals surface area contributed by atoms with E-state index in [4.69, 9.17) is 4.74 Å². The van der Waals surface area contributed by atoms with Crippen LogP contribution in [0.4, 0.5) is 0 Å². The number of ketones is 1. The molecule has 1 atom stereocenters. The van der Waals surface area contributed by atoms with E-state index in [1.54, 1.807) is 0 Å². The summed E-state index contributed by atoms with van der Waals surface area (Å²) in [6.07, 6.45) is 2.34. The molecule has 0 saturated heterocycles. The first-order valence-corrected chi connectivity index (χ1v) is 7.57. The minimum atomic E-state index is -0.255. The number of hydrogen-bond acceptors (Lipinski definition) is 3. The SMILES string of the molecule is CCOC(=O)c1ccc2c(c1C)CC1=C(C)C(=O)CCC12. The summed E-state index contributed by atoms with van der Waals surface area (Å²) in [5.41, 5.74) is 6.36. The van der Waals surface area contributed by atoms with Crippen LogP contribution < -0.4 is 0 Å². The molecule has 3 rings (SSSR count). The normalized spacial score (nSPS) is 20.3. The molecule has 2 aliphatic rings. The van der Waals surface area contributed by atoms with Crippen molar-refractivity contribution in [3.05, 3.63) is 45.5 Å². The Morgan fingerprint density at radius 3 is 2.81 bits per heavy atom. The molecule has 0 spiro atoms. The zero-order valence-corrected chi connectivity index (χ0v) is 12.8. The average molecular weight is 284 g/mol. The maximum atomic E-state index is 12.0. The molecule has 1 unspecified atom stereocenters. The quantitative estimate of drug-likeness (QED) is 0.781. The molecule has 21 heavy (non-hydrogen) atoms. The molecule has 0 bridgehead atoms. The van der Waals surface area contributed by atoms with Gasteiger partial charge in [0.15, 0.2) is 5.78 Å². The van der Waals surface area contributed by atoms with Crippen LogP contribution in [-0.2, 0) is 16.0 Å². The van der Waals surface area contributed by atoms with Gasteiger partial charge < -0.3 is 4.74 Å². The molecule has 0 fully saturated rings. The summed E-state index contributed by atoms with van der Waals surface area (Å²) < 4.78 is 5.12. The second-order valence-electron chi connectivity index (χ2n) is 5.87. The molecular formula is C18H20O3. The number of rotatable bonds is 2. The van der Waals surface area contributed by atoms with E-state index in [2.05, 4.69) is 6.07 Å². The smallest absolute Gasteiger partial charge is 0.338 e. The molecule has 0 amide bonds. The third-order valence-electron chi connectivity index (χ3n) is 4.85. The van der Waals surface area contributed by atoms with E-state index in [0.29, 0.717) is 24.5 Å². The zero-order chi connectivity index (χ0) is 15.1. The molecule has 110 valence electrons. The van der Waals surface area contributed by atoms with Gasteiger partial charge in [-0.05, 0) is 61.9 Å². The Kier molecular flexibility index (Phi) is 3.44. The molecule has 3 nitrogen and oxygen atoms in total. The highest BCUT2D eigenvalue weighted by Gasteiger charge is 2.35. The summed E-state index contributed by atoms with van der Waals surface area (Å²) in [6, 6.07) is 3.93. The second kappa shape index (κ2) is 5.14. The summed E-state index contributed by atoms with van der Waals surface area (Å²) in [4.78, 5) is 23.9. The number of esters is 1. The molecule has 0 N–H and O–H groups in total. The van der Waals surface area contributed by atoms with Gasteiger partial charge in [-0.15, -0.1) is 0 Å². The van der Waals surface area contributed by atoms with Crippen LogP contribution in [-0.4, -0.2) is 18.4 Å². The maximum Gasteiger partial charge on any atom is 0.338 e. The second-order valence-corrected chi connectivity index (χ2v) is 5.87. The van der Waals surface area contributed by atoms with Gasteiger partial charge in [0, 0.05) is 12.3 Å². The lowest BCUT2D eigenvalue weighted by Gasteiger charge is -2.21. The van der Waals surface area contributed by atoms with Crippen molar-refractivity contribution in [1.29, 1.82) is 0 Å². The van der Waals surface area contributed by atoms with Crippen molar-refractivity contribution < 1.29 is 14.3 Å². The number of benzene rings is 1. The van der Waals surface area contributed by atoms with Crippen molar-refractivity contribution in [2.24, 2.45) is 0 Å². The highest BCUT2D eigenvalue weighted by Crippen LogP contribution is 2.46. The van der Waals surface area contributed by atoms with E-state index < -0.39 is 0 Å². The molecule has 0 radical (unpaired) electrons. The minimum absolute atomic E-state index is 0.255. The lowest BCUT2D eigenvalue weighted by Crippen LogP contribution is -2.14. The van der Waals surface area contributed by atoms with E-state index in [0.717, 1.165) is 24.0 Å². The molecule has 0 aliphatic heterocycles. The molecule has 3 heteroatoms. The monoisotopic (exact) mass is 284 g/mol. The van der Waals surface area contributed by atoms with Crippen molar-refractivity contribution >= 4 is 11.8 Å². The Morgan fingerprint density at radius 2 is 2.10 bits per heavy atom. The zero-order valence-electron chi connectivity index (χ0n) is 12.8. The van der Waals surface area contributed by atoms with Gasteiger partial charge in [-0.2, -0.15) is 0 Å². The van der Waals surface area contributed by atoms with E-state index in [-0.39, 0.29) is 11.8 Å². The fourth-order valence-corrected chi connectivity index (χ4v) is 3.64. The number of carbonyl (C=O) groups excluding carboxylic acids is 2. The summed E-state index contributed by atoms with van der Waals surface area (Å²) in [7, 11) is 0. The van der Waals surface area contributed by atoms with Gasteiger partial charge in [0.05, 0.1) is 12.2 Å². The molecule has 0 heterocycles. The molecule has 2 aliphatic carbocycles. The minimum Gasteiger partial charge on any atom is -0.462 e. The van der Waals surface area contributed by atoms with E-state index >= 15 is 0 Å². The number of allylic oxidation sites excluding steroid dienone is 2. The van der Waals surface area contributed by atoms with Crippen molar-refractivity contribution in [1.82, 2.24) is 0 Å².